The summed E-state index contributed by atoms with van der Waals surface area (Å²) in [5.41, 5.74) is 6.54. The van der Waals surface area contributed by atoms with E-state index in [0.717, 1.165) is 10.5 Å². The summed E-state index contributed by atoms with van der Waals surface area (Å²) in [4.78, 5) is 12.1. The van der Waals surface area contributed by atoms with Crippen molar-refractivity contribution in [2.24, 2.45) is 5.73 Å². The van der Waals surface area contributed by atoms with Crippen LogP contribution in [0.1, 0.15) is 12.5 Å². The standard InChI is InChI=1S/C11H14ClNO2S/c1-2-15-10(14)7-16-11-8(6-13)4-3-5-9(11)12/h3-5H,2,6-7,13H2,1H3. The number of hydrogen-bond donors (Lipinski definition) is 1. The van der Waals surface area contributed by atoms with Crippen molar-refractivity contribution in [1.82, 2.24) is 0 Å². The minimum Gasteiger partial charge on any atom is -0.465 e. The Hall–Kier alpha value is -0.710. The van der Waals surface area contributed by atoms with Gasteiger partial charge in [0.2, 0.25) is 0 Å². The summed E-state index contributed by atoms with van der Waals surface area (Å²) in [5.74, 6) is 0.0142. The summed E-state index contributed by atoms with van der Waals surface area (Å²) in [6, 6.07) is 5.53. The van der Waals surface area contributed by atoms with E-state index in [2.05, 4.69) is 0 Å². The normalized spacial score (nSPS) is 10.2. The van der Waals surface area contributed by atoms with Crippen LogP contribution in [0.15, 0.2) is 23.1 Å². The number of rotatable bonds is 5. The quantitative estimate of drug-likeness (QED) is 0.652. The van der Waals surface area contributed by atoms with Crippen LogP contribution < -0.4 is 5.73 Å². The van der Waals surface area contributed by atoms with Gasteiger partial charge in [-0.2, -0.15) is 0 Å². The lowest BCUT2D eigenvalue weighted by atomic mass is 10.2. The van der Waals surface area contributed by atoms with Crippen LogP contribution in [0.4, 0.5) is 0 Å². The fraction of sp³-hybridized carbons (Fsp3) is 0.364. The van der Waals surface area contributed by atoms with Crippen molar-refractivity contribution in [1.29, 1.82) is 0 Å². The van der Waals surface area contributed by atoms with E-state index in [4.69, 9.17) is 22.1 Å². The van der Waals surface area contributed by atoms with E-state index in [1.165, 1.54) is 11.8 Å². The summed E-state index contributed by atoms with van der Waals surface area (Å²) in [7, 11) is 0. The van der Waals surface area contributed by atoms with E-state index in [1.54, 1.807) is 13.0 Å². The van der Waals surface area contributed by atoms with Crippen LogP contribution in [0.3, 0.4) is 0 Å². The molecule has 88 valence electrons. The average Bonchev–Trinajstić information content (AvgIpc) is 2.27. The molecular formula is C11H14ClNO2S. The van der Waals surface area contributed by atoms with Gasteiger partial charge in [-0.15, -0.1) is 11.8 Å². The Morgan fingerprint density at radius 3 is 2.94 bits per heavy atom. The molecule has 3 nitrogen and oxygen atoms in total. The lowest BCUT2D eigenvalue weighted by Gasteiger charge is -2.08. The van der Waals surface area contributed by atoms with Crippen molar-refractivity contribution in [2.75, 3.05) is 12.4 Å². The van der Waals surface area contributed by atoms with Crippen LogP contribution in [0.25, 0.3) is 0 Å². The van der Waals surface area contributed by atoms with Crippen LogP contribution in [-0.4, -0.2) is 18.3 Å². The second kappa shape index (κ2) is 6.78. The second-order valence-corrected chi connectivity index (χ2v) is 4.42. The zero-order chi connectivity index (χ0) is 12.0. The number of halogens is 1. The minimum absolute atomic E-state index is 0.240. The van der Waals surface area contributed by atoms with Crippen LogP contribution in [-0.2, 0) is 16.1 Å². The molecule has 5 heteroatoms. The maximum atomic E-state index is 11.2. The Kier molecular flexibility index (Phi) is 5.66. The summed E-state index contributed by atoms with van der Waals surface area (Å²) in [5, 5.41) is 0.622. The Morgan fingerprint density at radius 2 is 2.31 bits per heavy atom. The third-order valence-electron chi connectivity index (χ3n) is 1.91. The number of carbonyl (C=O) groups excluding carboxylic acids is 1. The third kappa shape index (κ3) is 3.70. The van der Waals surface area contributed by atoms with Crippen LogP contribution in [0, 0.1) is 0 Å². The number of hydrogen-bond acceptors (Lipinski definition) is 4. The minimum atomic E-state index is -0.240. The number of esters is 1. The molecule has 1 aromatic rings. The van der Waals surface area contributed by atoms with Gasteiger partial charge in [0.15, 0.2) is 0 Å². The zero-order valence-corrected chi connectivity index (χ0v) is 10.6. The van der Waals surface area contributed by atoms with Gasteiger partial charge < -0.3 is 10.5 Å². The first kappa shape index (κ1) is 13.4. The Morgan fingerprint density at radius 1 is 1.56 bits per heavy atom. The molecule has 0 saturated carbocycles. The van der Waals surface area contributed by atoms with Crippen molar-refractivity contribution >= 4 is 29.3 Å². The Labute approximate surface area is 104 Å². The lowest BCUT2D eigenvalue weighted by Crippen LogP contribution is -2.07. The van der Waals surface area contributed by atoms with E-state index in [1.807, 2.05) is 12.1 Å². The maximum absolute atomic E-state index is 11.2. The summed E-state index contributed by atoms with van der Waals surface area (Å²) < 4.78 is 4.84. The molecule has 0 bridgehead atoms. The monoisotopic (exact) mass is 259 g/mol. The number of carbonyl (C=O) groups is 1. The van der Waals surface area contributed by atoms with E-state index in [0.29, 0.717) is 18.2 Å². The topological polar surface area (TPSA) is 52.3 Å². The molecule has 0 atom stereocenters. The SMILES string of the molecule is CCOC(=O)CSc1c(Cl)cccc1CN. The fourth-order valence-electron chi connectivity index (χ4n) is 1.21. The van der Waals surface area contributed by atoms with Crippen LogP contribution in [0.2, 0.25) is 5.02 Å². The summed E-state index contributed by atoms with van der Waals surface area (Å²) in [6.07, 6.45) is 0. The highest BCUT2D eigenvalue weighted by Crippen LogP contribution is 2.30. The lowest BCUT2D eigenvalue weighted by molar-refractivity contribution is -0.139. The van der Waals surface area contributed by atoms with E-state index >= 15 is 0 Å². The fourth-order valence-corrected chi connectivity index (χ4v) is 2.46. The van der Waals surface area contributed by atoms with Gasteiger partial charge in [-0.25, -0.2) is 0 Å². The highest BCUT2D eigenvalue weighted by Gasteiger charge is 2.09. The van der Waals surface area contributed by atoms with Crippen LogP contribution in [0.5, 0.6) is 0 Å². The van der Waals surface area contributed by atoms with Gasteiger partial charge in [0.25, 0.3) is 0 Å². The smallest absolute Gasteiger partial charge is 0.316 e. The number of thioether (sulfide) groups is 1. The second-order valence-electron chi connectivity index (χ2n) is 3.03. The average molecular weight is 260 g/mol. The van der Waals surface area contributed by atoms with Gasteiger partial charge in [0, 0.05) is 11.4 Å². The molecule has 0 fully saturated rings. The zero-order valence-electron chi connectivity index (χ0n) is 9.03. The molecule has 0 amide bonds. The first-order valence-corrected chi connectivity index (χ1v) is 6.31. The molecule has 2 N–H and O–H groups in total. The molecule has 0 radical (unpaired) electrons. The third-order valence-corrected chi connectivity index (χ3v) is 3.49. The molecule has 1 aromatic carbocycles. The molecule has 0 heterocycles. The molecule has 16 heavy (non-hydrogen) atoms. The van der Waals surface area contributed by atoms with Gasteiger partial charge in [0.05, 0.1) is 17.4 Å². The number of ether oxygens (including phenoxy) is 1. The van der Waals surface area contributed by atoms with Gasteiger partial charge in [0.1, 0.15) is 0 Å². The summed E-state index contributed by atoms with van der Waals surface area (Å²) in [6.45, 7) is 2.58. The first-order chi connectivity index (χ1) is 7.69. The predicted molar refractivity (Wildman–Crippen MR) is 66.7 cm³/mol. The van der Waals surface area contributed by atoms with Crippen molar-refractivity contribution in [3.63, 3.8) is 0 Å². The van der Waals surface area contributed by atoms with Gasteiger partial charge in [-0.1, -0.05) is 23.7 Å². The highest BCUT2D eigenvalue weighted by atomic mass is 35.5. The molecule has 1 rings (SSSR count). The highest BCUT2D eigenvalue weighted by molar-refractivity contribution is 8.00. The first-order valence-electron chi connectivity index (χ1n) is 4.95. The molecule has 0 spiro atoms. The predicted octanol–water partition coefficient (Wildman–Crippen LogP) is 2.45. The molecular weight excluding hydrogens is 246 g/mol. The Balaban J connectivity index is 2.69. The van der Waals surface area contributed by atoms with E-state index < -0.39 is 0 Å². The largest absolute Gasteiger partial charge is 0.465 e. The molecule has 0 aliphatic rings. The van der Waals surface area contributed by atoms with Gasteiger partial charge in [-0.05, 0) is 18.6 Å². The van der Waals surface area contributed by atoms with E-state index in [9.17, 15) is 4.79 Å². The molecule has 0 aliphatic carbocycles. The Bertz CT molecular complexity index is 371. The van der Waals surface area contributed by atoms with Crippen molar-refractivity contribution in [3.8, 4) is 0 Å². The molecule has 0 unspecified atom stereocenters. The van der Waals surface area contributed by atoms with Crippen molar-refractivity contribution in [3.05, 3.63) is 28.8 Å². The van der Waals surface area contributed by atoms with Crippen molar-refractivity contribution < 1.29 is 9.53 Å². The van der Waals surface area contributed by atoms with Gasteiger partial charge >= 0.3 is 5.97 Å². The summed E-state index contributed by atoms with van der Waals surface area (Å²) >= 11 is 7.40. The molecule has 0 aliphatic heterocycles. The number of benzene rings is 1. The molecule has 0 saturated heterocycles. The number of nitrogens with two attached hydrogens (primary N) is 1. The van der Waals surface area contributed by atoms with Crippen LogP contribution >= 0.6 is 23.4 Å². The van der Waals surface area contributed by atoms with E-state index in [-0.39, 0.29) is 11.7 Å². The maximum Gasteiger partial charge on any atom is 0.316 e. The van der Waals surface area contributed by atoms with Gasteiger partial charge in [-0.3, -0.25) is 4.79 Å². The van der Waals surface area contributed by atoms with Crippen molar-refractivity contribution in [2.45, 2.75) is 18.4 Å². The molecule has 0 aromatic heterocycles.